The Hall–Kier alpha value is -1.80. The summed E-state index contributed by atoms with van der Waals surface area (Å²) in [6.45, 7) is 4.10. The molecule has 0 aliphatic rings. The largest absolute Gasteiger partial charge is 0.493 e. The molecule has 1 aromatic rings. The van der Waals surface area contributed by atoms with E-state index in [2.05, 4.69) is 5.32 Å². The van der Waals surface area contributed by atoms with Crippen LogP contribution in [0.2, 0.25) is 0 Å². The smallest absolute Gasteiger partial charge is 0.239 e. The Morgan fingerprint density at radius 3 is 2.33 bits per heavy atom. The molecule has 0 heterocycles. The molecule has 1 aromatic carbocycles. The van der Waals surface area contributed by atoms with Gasteiger partial charge in [-0.2, -0.15) is 4.31 Å². The fraction of sp³-hybridized carbons (Fsp3) is 0.562. The van der Waals surface area contributed by atoms with Crippen LogP contribution in [-0.2, 0) is 14.8 Å². The molecule has 0 aliphatic heterocycles. The molecule has 0 aromatic heterocycles. The van der Waals surface area contributed by atoms with E-state index in [0.29, 0.717) is 36.1 Å². The number of amides is 1. The third-order valence-electron chi connectivity index (χ3n) is 3.41. The van der Waals surface area contributed by atoms with E-state index in [-0.39, 0.29) is 6.54 Å². The topological polar surface area (TPSA) is 84.9 Å². The minimum Gasteiger partial charge on any atom is -0.493 e. The molecule has 8 heteroatoms. The Bertz CT molecular complexity index is 658. The Morgan fingerprint density at radius 1 is 1.21 bits per heavy atom. The molecule has 0 atom stereocenters. The number of nitrogens with one attached hydrogen (secondary N) is 1. The van der Waals surface area contributed by atoms with Crippen molar-refractivity contribution in [2.24, 2.45) is 5.92 Å². The normalized spacial score (nSPS) is 11.6. The van der Waals surface area contributed by atoms with Crippen LogP contribution in [-0.4, -0.2) is 52.2 Å². The molecule has 0 saturated heterocycles. The second kappa shape index (κ2) is 8.89. The lowest BCUT2D eigenvalue weighted by atomic mass is 10.1. The summed E-state index contributed by atoms with van der Waals surface area (Å²) in [7, 11) is -0.420. The summed E-state index contributed by atoms with van der Waals surface area (Å²) in [5.41, 5.74) is 0.509. The molecule has 1 rings (SSSR count). The van der Waals surface area contributed by atoms with Gasteiger partial charge in [-0.1, -0.05) is 13.8 Å². The molecule has 0 fully saturated rings. The van der Waals surface area contributed by atoms with Gasteiger partial charge in [-0.3, -0.25) is 4.79 Å². The van der Waals surface area contributed by atoms with Crippen LogP contribution in [0.4, 0.5) is 5.69 Å². The Labute approximate surface area is 144 Å². The maximum atomic E-state index is 12.2. The van der Waals surface area contributed by atoms with Gasteiger partial charge in [-0.15, -0.1) is 0 Å². The van der Waals surface area contributed by atoms with Crippen molar-refractivity contribution in [2.45, 2.75) is 20.3 Å². The van der Waals surface area contributed by atoms with E-state index in [9.17, 15) is 13.2 Å². The molecule has 136 valence electrons. The van der Waals surface area contributed by atoms with E-state index in [1.165, 1.54) is 18.5 Å². The number of sulfonamides is 1. The lowest BCUT2D eigenvalue weighted by Gasteiger charge is -2.20. The number of hydrogen-bond acceptors (Lipinski definition) is 5. The Kier molecular flexibility index (Phi) is 7.50. The third-order valence-corrected chi connectivity index (χ3v) is 4.66. The second-order valence-electron chi connectivity index (χ2n) is 5.90. The van der Waals surface area contributed by atoms with Crippen LogP contribution in [0, 0.1) is 5.92 Å². The van der Waals surface area contributed by atoms with E-state index in [0.717, 1.165) is 6.26 Å². The highest BCUT2D eigenvalue weighted by Crippen LogP contribution is 2.29. The van der Waals surface area contributed by atoms with Crippen LogP contribution in [0.5, 0.6) is 11.5 Å². The van der Waals surface area contributed by atoms with Gasteiger partial charge < -0.3 is 14.8 Å². The number of carbonyl (C=O) groups is 1. The zero-order valence-electron chi connectivity index (χ0n) is 14.8. The SMILES string of the molecule is COc1ccc(NC(=O)CN(CCC(C)C)S(C)(=O)=O)cc1OC. The number of hydrogen-bond donors (Lipinski definition) is 1. The monoisotopic (exact) mass is 358 g/mol. The van der Waals surface area contributed by atoms with Gasteiger partial charge in [0.05, 0.1) is 27.0 Å². The molecule has 0 spiro atoms. The molecule has 7 nitrogen and oxygen atoms in total. The predicted molar refractivity (Wildman–Crippen MR) is 94.0 cm³/mol. The highest BCUT2D eigenvalue weighted by molar-refractivity contribution is 7.88. The third kappa shape index (κ3) is 6.37. The second-order valence-corrected chi connectivity index (χ2v) is 7.88. The highest BCUT2D eigenvalue weighted by Gasteiger charge is 2.20. The number of ether oxygens (including phenoxy) is 2. The van der Waals surface area contributed by atoms with Crippen LogP contribution >= 0.6 is 0 Å². The number of benzene rings is 1. The van der Waals surface area contributed by atoms with Crippen LogP contribution in [0.15, 0.2) is 18.2 Å². The van der Waals surface area contributed by atoms with Gasteiger partial charge in [-0.05, 0) is 24.5 Å². The lowest BCUT2D eigenvalue weighted by molar-refractivity contribution is -0.116. The van der Waals surface area contributed by atoms with Gasteiger partial charge in [0.15, 0.2) is 11.5 Å². The molecular formula is C16H26N2O5S. The minimum absolute atomic E-state index is 0.222. The molecule has 0 radical (unpaired) electrons. The van der Waals surface area contributed by atoms with Crippen molar-refractivity contribution in [1.29, 1.82) is 0 Å². The van der Waals surface area contributed by atoms with Gasteiger partial charge in [0, 0.05) is 18.3 Å². The first-order valence-corrected chi connectivity index (χ1v) is 9.49. The highest BCUT2D eigenvalue weighted by atomic mass is 32.2. The maximum Gasteiger partial charge on any atom is 0.239 e. The van der Waals surface area contributed by atoms with Gasteiger partial charge in [0.2, 0.25) is 15.9 Å². The average Bonchev–Trinajstić information content (AvgIpc) is 2.49. The molecule has 0 aliphatic carbocycles. The summed E-state index contributed by atoms with van der Waals surface area (Å²) in [5.74, 6) is 0.972. The average molecular weight is 358 g/mol. The van der Waals surface area contributed by atoms with Crippen molar-refractivity contribution in [3.8, 4) is 11.5 Å². The van der Waals surface area contributed by atoms with Crippen molar-refractivity contribution in [3.05, 3.63) is 18.2 Å². The number of nitrogens with zero attached hydrogens (tertiary/aromatic N) is 1. The molecule has 24 heavy (non-hydrogen) atoms. The predicted octanol–water partition coefficient (Wildman–Crippen LogP) is 1.95. The molecule has 0 unspecified atom stereocenters. The lowest BCUT2D eigenvalue weighted by Crippen LogP contribution is -2.38. The summed E-state index contributed by atoms with van der Waals surface area (Å²) in [5, 5.41) is 2.68. The van der Waals surface area contributed by atoms with Crippen molar-refractivity contribution in [3.63, 3.8) is 0 Å². The molecule has 1 amide bonds. The van der Waals surface area contributed by atoms with Crippen molar-refractivity contribution in [1.82, 2.24) is 4.31 Å². The molecule has 0 bridgehead atoms. The number of rotatable bonds is 9. The fourth-order valence-electron chi connectivity index (χ4n) is 2.04. The van der Waals surface area contributed by atoms with Gasteiger partial charge >= 0.3 is 0 Å². The summed E-state index contributed by atoms with van der Waals surface area (Å²) in [6, 6.07) is 4.95. The van der Waals surface area contributed by atoms with Crippen LogP contribution in [0.1, 0.15) is 20.3 Å². The number of anilines is 1. The standard InChI is InChI=1S/C16H26N2O5S/c1-12(2)8-9-18(24(5,20)21)11-16(19)17-13-6-7-14(22-3)15(10-13)23-4/h6-7,10,12H,8-9,11H2,1-5H3,(H,17,19). The van der Waals surface area contributed by atoms with Crippen LogP contribution in [0.25, 0.3) is 0 Å². The quantitative estimate of drug-likeness (QED) is 0.729. The fourth-order valence-corrected chi connectivity index (χ4v) is 2.83. The van der Waals surface area contributed by atoms with Crippen LogP contribution < -0.4 is 14.8 Å². The summed E-state index contributed by atoms with van der Waals surface area (Å²) < 4.78 is 35.1. The van der Waals surface area contributed by atoms with Crippen molar-refractivity contribution < 1.29 is 22.7 Å². The van der Waals surface area contributed by atoms with Gasteiger partial charge in [0.25, 0.3) is 0 Å². The van der Waals surface area contributed by atoms with Crippen molar-refractivity contribution in [2.75, 3.05) is 38.9 Å². The van der Waals surface area contributed by atoms with E-state index in [1.54, 1.807) is 18.2 Å². The minimum atomic E-state index is -3.44. The van der Waals surface area contributed by atoms with E-state index < -0.39 is 15.9 Å². The number of carbonyl (C=O) groups excluding carboxylic acids is 1. The summed E-state index contributed by atoms with van der Waals surface area (Å²) in [6.07, 6.45) is 1.80. The van der Waals surface area contributed by atoms with Crippen molar-refractivity contribution >= 4 is 21.6 Å². The summed E-state index contributed by atoms with van der Waals surface area (Å²) in [4.78, 5) is 12.2. The Morgan fingerprint density at radius 2 is 1.83 bits per heavy atom. The molecule has 0 saturated carbocycles. The first kappa shape index (κ1) is 20.2. The first-order valence-electron chi connectivity index (χ1n) is 7.64. The molecular weight excluding hydrogens is 332 g/mol. The van der Waals surface area contributed by atoms with Gasteiger partial charge in [-0.25, -0.2) is 8.42 Å². The maximum absolute atomic E-state index is 12.2. The van der Waals surface area contributed by atoms with Gasteiger partial charge in [0.1, 0.15) is 0 Å². The van der Waals surface area contributed by atoms with Crippen LogP contribution in [0.3, 0.4) is 0 Å². The van der Waals surface area contributed by atoms with E-state index in [4.69, 9.17) is 9.47 Å². The van der Waals surface area contributed by atoms with E-state index >= 15 is 0 Å². The molecule has 1 N–H and O–H groups in total. The Balaban J connectivity index is 2.78. The zero-order chi connectivity index (χ0) is 18.3. The zero-order valence-corrected chi connectivity index (χ0v) is 15.6. The van der Waals surface area contributed by atoms with E-state index in [1.807, 2.05) is 13.8 Å². The summed E-state index contributed by atoms with van der Waals surface area (Å²) >= 11 is 0. The first-order chi connectivity index (χ1) is 11.2. The number of methoxy groups -OCH3 is 2.